The lowest BCUT2D eigenvalue weighted by molar-refractivity contribution is -0.0507. The van der Waals surface area contributed by atoms with Crippen molar-refractivity contribution in [1.29, 1.82) is 0 Å². The Labute approximate surface area is 308 Å². The zero-order valence-corrected chi connectivity index (χ0v) is 33.1. The number of benzene rings is 4. The fourth-order valence-corrected chi connectivity index (χ4v) is 17.1. The first-order valence-corrected chi connectivity index (χ1v) is 21.7. The monoisotopic (exact) mass is 734 g/mol. The van der Waals surface area contributed by atoms with Gasteiger partial charge < -0.3 is 18.7 Å². The van der Waals surface area contributed by atoms with Gasteiger partial charge in [-0.15, -0.1) is 0 Å². The first-order chi connectivity index (χ1) is 24.7. The average molecular weight is 735 g/mol. The number of hydrogen-bond donors (Lipinski definition) is 2. The summed E-state index contributed by atoms with van der Waals surface area (Å²) in [7, 11) is -6.27. The molecule has 0 bridgehead atoms. The fraction of sp³-hybridized carbons (Fsp3) is 0.333. The second-order valence-corrected chi connectivity index (χ2v) is 24.3. The van der Waals surface area contributed by atoms with Crippen molar-refractivity contribution < 1.29 is 18.7 Å². The Balaban J connectivity index is 1.49. The number of aliphatic hydroxyl groups excluding tert-OH is 1. The maximum absolute atomic E-state index is 13.5. The highest BCUT2D eigenvalue weighted by Crippen LogP contribution is 2.43. The molecule has 8 nitrogen and oxygen atoms in total. The summed E-state index contributed by atoms with van der Waals surface area (Å²) in [5, 5.41) is 16.0. The van der Waals surface area contributed by atoms with Gasteiger partial charge in [-0.3, -0.25) is 14.3 Å². The largest absolute Gasteiger partial charge is 0.405 e. The van der Waals surface area contributed by atoms with Crippen LogP contribution in [-0.4, -0.2) is 56.2 Å². The van der Waals surface area contributed by atoms with Crippen molar-refractivity contribution in [3.05, 3.63) is 154 Å². The third-order valence-corrected chi connectivity index (χ3v) is 20.4. The highest BCUT2D eigenvalue weighted by Gasteiger charge is 2.58. The zero-order valence-electron chi connectivity index (χ0n) is 31.1. The molecule has 4 aromatic carbocycles. The van der Waals surface area contributed by atoms with E-state index in [2.05, 4.69) is 95.1 Å². The Hall–Kier alpha value is -4.17. The number of aromatic amines is 1. The van der Waals surface area contributed by atoms with Crippen LogP contribution < -0.4 is 32.0 Å². The Morgan fingerprint density at radius 3 is 1.50 bits per heavy atom. The van der Waals surface area contributed by atoms with Crippen LogP contribution >= 0.6 is 0 Å². The van der Waals surface area contributed by atoms with Crippen LogP contribution in [0.25, 0.3) is 0 Å². The minimum Gasteiger partial charge on any atom is -0.405 e. The van der Waals surface area contributed by atoms with Crippen LogP contribution in [0, 0.1) is 6.92 Å². The predicted molar refractivity (Wildman–Crippen MR) is 212 cm³/mol. The van der Waals surface area contributed by atoms with Gasteiger partial charge in [-0.1, -0.05) is 163 Å². The Morgan fingerprint density at radius 2 is 1.10 bits per heavy atom. The summed E-state index contributed by atoms with van der Waals surface area (Å²) in [5.41, 5.74) is -0.776. The van der Waals surface area contributed by atoms with E-state index in [9.17, 15) is 14.7 Å². The first kappa shape index (κ1) is 37.6. The molecule has 10 heteroatoms. The molecule has 1 fully saturated rings. The minimum atomic E-state index is -3.26. The third-order valence-electron chi connectivity index (χ3n) is 10.3. The van der Waals surface area contributed by atoms with Crippen LogP contribution in [0.5, 0.6) is 0 Å². The Morgan fingerprint density at radius 1 is 0.692 bits per heavy atom. The van der Waals surface area contributed by atoms with Gasteiger partial charge in [0.2, 0.25) is 0 Å². The lowest BCUT2D eigenvalue weighted by atomic mass is 10.1. The molecule has 0 aliphatic carbocycles. The highest BCUT2D eigenvalue weighted by atomic mass is 28.4. The number of aromatic nitrogens is 2. The van der Waals surface area contributed by atoms with Crippen LogP contribution in [0.2, 0.25) is 10.1 Å². The fourth-order valence-electron chi connectivity index (χ4n) is 7.85. The Bertz CT molecular complexity index is 1980. The molecule has 2 N–H and O–H groups in total. The quantitative estimate of drug-likeness (QED) is 0.203. The number of rotatable bonds is 10. The summed E-state index contributed by atoms with van der Waals surface area (Å²) < 4.78 is 22.9. The number of nitrogens with zero attached hydrogens (tertiary/aromatic N) is 1. The average Bonchev–Trinajstić information content (AvgIpc) is 3.43. The summed E-state index contributed by atoms with van der Waals surface area (Å²) in [4.78, 5) is 28.5. The SMILES string of the molecule is Cc1cn([C@@H]2O[C@H](CO[Si](c3ccccc3)(c3ccccc3)C(C)(C)C)[C@@H](O)[C@H]2O[Si](c2ccccc2)(c2ccccc2)C(C)(C)C)c(=O)[nH]c1=O. The summed E-state index contributed by atoms with van der Waals surface area (Å²) in [5.74, 6) is 0. The van der Waals surface area contributed by atoms with Crippen molar-refractivity contribution in [3.8, 4) is 0 Å². The highest BCUT2D eigenvalue weighted by molar-refractivity contribution is 7.00. The molecular weight excluding hydrogens is 685 g/mol. The molecule has 5 aromatic rings. The van der Waals surface area contributed by atoms with Crippen molar-refractivity contribution >= 4 is 37.4 Å². The number of hydrogen-bond acceptors (Lipinski definition) is 6. The molecule has 0 amide bonds. The summed E-state index contributed by atoms with van der Waals surface area (Å²) >= 11 is 0. The van der Waals surface area contributed by atoms with Gasteiger partial charge in [0.15, 0.2) is 6.23 Å². The predicted octanol–water partition coefficient (Wildman–Crippen LogP) is 4.63. The van der Waals surface area contributed by atoms with Gasteiger partial charge in [0, 0.05) is 11.8 Å². The number of aliphatic hydroxyl groups is 1. The standard InChI is InChI=1S/C42H50N2O6Si2/c1-30-28-44(40(47)43-38(30)46)39-37(50-52(42(5,6)7,33-24-16-10-17-25-33)34-26-18-11-19-27-34)36(45)35(49-39)29-48-51(41(2,3)4,31-20-12-8-13-21-31)32-22-14-9-15-23-32/h8-28,35-37,39,45H,29H2,1-7H3,(H,43,46,47)/t35-,36-,37-,39-/m1/s1. The van der Waals surface area contributed by atoms with Crippen LogP contribution in [0.1, 0.15) is 53.3 Å². The van der Waals surface area contributed by atoms with Crippen LogP contribution in [0.15, 0.2) is 137 Å². The number of ether oxygens (including phenoxy) is 1. The van der Waals surface area contributed by atoms with Gasteiger partial charge in [0.05, 0.1) is 6.61 Å². The van der Waals surface area contributed by atoms with Gasteiger partial charge in [-0.2, -0.15) is 0 Å². The topological polar surface area (TPSA) is 103 Å². The molecule has 1 saturated heterocycles. The molecule has 6 rings (SSSR count). The van der Waals surface area contributed by atoms with E-state index >= 15 is 0 Å². The Kier molecular flexibility index (Phi) is 10.6. The van der Waals surface area contributed by atoms with Crippen molar-refractivity contribution in [2.75, 3.05) is 6.61 Å². The molecular formula is C42H50N2O6Si2. The lowest BCUT2D eigenvalue weighted by Gasteiger charge is -2.45. The van der Waals surface area contributed by atoms with E-state index in [1.807, 2.05) is 72.8 Å². The van der Waals surface area contributed by atoms with E-state index in [0.29, 0.717) is 5.56 Å². The zero-order chi connectivity index (χ0) is 37.3. The summed E-state index contributed by atoms with van der Waals surface area (Å²) in [6, 6.07) is 40.9. The van der Waals surface area contributed by atoms with E-state index in [1.165, 1.54) is 10.8 Å². The van der Waals surface area contributed by atoms with Gasteiger partial charge in [-0.25, -0.2) is 4.79 Å². The second kappa shape index (κ2) is 14.7. The van der Waals surface area contributed by atoms with Crippen molar-refractivity contribution in [3.63, 3.8) is 0 Å². The molecule has 2 heterocycles. The normalized spacial score (nSPS) is 19.8. The molecule has 1 aromatic heterocycles. The smallest absolute Gasteiger partial charge is 0.330 e. The number of aryl methyl sites for hydroxylation is 1. The van der Waals surface area contributed by atoms with Crippen molar-refractivity contribution in [2.24, 2.45) is 0 Å². The minimum absolute atomic E-state index is 0.0443. The van der Waals surface area contributed by atoms with Gasteiger partial charge in [0.1, 0.15) is 18.3 Å². The molecule has 272 valence electrons. The van der Waals surface area contributed by atoms with E-state index in [-0.39, 0.29) is 11.6 Å². The maximum Gasteiger partial charge on any atom is 0.330 e. The number of nitrogens with one attached hydrogen (secondary N) is 1. The molecule has 52 heavy (non-hydrogen) atoms. The molecule has 4 atom stereocenters. The lowest BCUT2D eigenvalue weighted by Crippen LogP contribution is -2.69. The van der Waals surface area contributed by atoms with E-state index < -0.39 is 57.5 Å². The van der Waals surface area contributed by atoms with E-state index in [4.69, 9.17) is 13.6 Å². The molecule has 1 aliphatic rings. The van der Waals surface area contributed by atoms with Crippen molar-refractivity contribution in [1.82, 2.24) is 9.55 Å². The van der Waals surface area contributed by atoms with E-state index in [1.54, 1.807) is 6.92 Å². The molecule has 0 radical (unpaired) electrons. The van der Waals surface area contributed by atoms with Crippen LogP contribution in [-0.2, 0) is 13.6 Å². The van der Waals surface area contributed by atoms with Crippen LogP contribution in [0.3, 0.4) is 0 Å². The molecule has 0 unspecified atom stereocenters. The summed E-state index contributed by atoms with van der Waals surface area (Å²) in [6.45, 7) is 14.8. The third kappa shape index (κ3) is 6.75. The summed E-state index contributed by atoms with van der Waals surface area (Å²) in [6.07, 6.45) is -2.63. The first-order valence-electron chi connectivity index (χ1n) is 17.9. The van der Waals surface area contributed by atoms with E-state index in [0.717, 1.165) is 20.7 Å². The molecule has 0 saturated carbocycles. The molecule has 0 spiro atoms. The number of H-pyrrole nitrogens is 1. The van der Waals surface area contributed by atoms with Gasteiger partial charge in [-0.05, 0) is 37.7 Å². The van der Waals surface area contributed by atoms with Crippen LogP contribution in [0.4, 0.5) is 0 Å². The van der Waals surface area contributed by atoms with Gasteiger partial charge >= 0.3 is 5.69 Å². The molecule has 1 aliphatic heterocycles. The second-order valence-electron chi connectivity index (χ2n) is 15.8. The van der Waals surface area contributed by atoms with Crippen molar-refractivity contribution in [2.45, 2.75) is 83.1 Å². The van der Waals surface area contributed by atoms with Gasteiger partial charge in [0.25, 0.3) is 22.2 Å². The maximum atomic E-state index is 13.5.